The van der Waals surface area contributed by atoms with Gasteiger partial charge >= 0.3 is 6.09 Å². The maximum absolute atomic E-state index is 12.5. The van der Waals surface area contributed by atoms with Crippen molar-refractivity contribution in [3.05, 3.63) is 30.9 Å². The molecule has 0 aromatic carbocycles. The van der Waals surface area contributed by atoms with E-state index >= 15 is 0 Å². The number of nitrogens with zero attached hydrogens (tertiary/aromatic N) is 3. The van der Waals surface area contributed by atoms with Gasteiger partial charge in [0, 0.05) is 19.1 Å². The minimum Gasteiger partial charge on any atom is -0.445 e. The molecule has 0 unspecified atom stereocenters. The molecule has 1 fully saturated rings. The van der Waals surface area contributed by atoms with Crippen LogP contribution in [0, 0.1) is 0 Å². The Bertz CT molecular complexity index is 696. The summed E-state index contributed by atoms with van der Waals surface area (Å²) in [5.41, 5.74) is 0.535. The molecule has 0 N–H and O–H groups in total. The molecular formula is C20H33N3O4Si. The van der Waals surface area contributed by atoms with Crippen LogP contribution in [-0.4, -0.2) is 60.4 Å². The predicted molar refractivity (Wildman–Crippen MR) is 111 cm³/mol. The molecule has 1 aromatic rings. The molecule has 8 heteroatoms. The summed E-state index contributed by atoms with van der Waals surface area (Å²) in [5, 5.41) is 0.106. The number of amides is 1. The van der Waals surface area contributed by atoms with Crippen molar-refractivity contribution in [2.75, 3.05) is 13.2 Å². The highest BCUT2D eigenvalue weighted by Crippen LogP contribution is 2.39. The quantitative estimate of drug-likeness (QED) is 0.371. The second-order valence-corrected chi connectivity index (χ2v) is 13.6. The van der Waals surface area contributed by atoms with E-state index in [4.69, 9.17) is 9.16 Å². The Morgan fingerprint density at radius 1 is 1.43 bits per heavy atom. The monoisotopic (exact) mass is 407 g/mol. The van der Waals surface area contributed by atoms with Crippen molar-refractivity contribution in [3.63, 3.8) is 0 Å². The van der Waals surface area contributed by atoms with Gasteiger partial charge in [-0.25, -0.2) is 9.78 Å². The molecule has 1 aromatic heterocycles. The molecule has 0 saturated carbocycles. The minimum atomic E-state index is -1.94. The SMILES string of the molecule is C=CCOC(=O)N1C[C@H](O[Si](C)(C)C(C)(C)C)C[C@H]1CCn1cncc1C=O. The Balaban J connectivity index is 2.09. The number of ether oxygens (including phenoxy) is 1. The summed E-state index contributed by atoms with van der Waals surface area (Å²) in [6.07, 6.45) is 6.67. The largest absolute Gasteiger partial charge is 0.445 e. The first-order valence-corrected chi connectivity index (χ1v) is 12.7. The van der Waals surface area contributed by atoms with Crippen LogP contribution in [0.5, 0.6) is 0 Å². The summed E-state index contributed by atoms with van der Waals surface area (Å²) in [6, 6.07) is -0.00557. The molecule has 2 rings (SSSR count). The van der Waals surface area contributed by atoms with E-state index in [-0.39, 0.29) is 29.9 Å². The van der Waals surface area contributed by atoms with E-state index in [0.29, 0.717) is 25.2 Å². The third kappa shape index (κ3) is 5.32. The number of aromatic nitrogens is 2. The first kappa shape index (κ1) is 22.4. The zero-order chi connectivity index (χ0) is 20.9. The fourth-order valence-corrected chi connectivity index (χ4v) is 4.52. The van der Waals surface area contributed by atoms with E-state index in [2.05, 4.69) is 45.4 Å². The Morgan fingerprint density at radius 2 is 2.14 bits per heavy atom. The van der Waals surface area contributed by atoms with Gasteiger partial charge in [0.05, 0.1) is 18.6 Å². The van der Waals surface area contributed by atoms with Gasteiger partial charge in [-0.15, -0.1) is 0 Å². The zero-order valence-electron chi connectivity index (χ0n) is 17.7. The third-order valence-electron chi connectivity index (χ3n) is 5.77. The lowest BCUT2D eigenvalue weighted by atomic mass is 10.1. The Kier molecular flexibility index (Phi) is 7.22. The predicted octanol–water partition coefficient (Wildman–Crippen LogP) is 3.87. The summed E-state index contributed by atoms with van der Waals surface area (Å²) in [7, 11) is -1.94. The van der Waals surface area contributed by atoms with Gasteiger partial charge in [0.25, 0.3) is 0 Å². The maximum atomic E-state index is 12.5. The molecule has 1 amide bonds. The van der Waals surface area contributed by atoms with Crippen LogP contribution < -0.4 is 0 Å². The molecule has 0 spiro atoms. The third-order valence-corrected chi connectivity index (χ3v) is 10.3. The van der Waals surface area contributed by atoms with Gasteiger partial charge in [-0.3, -0.25) is 4.79 Å². The topological polar surface area (TPSA) is 73.7 Å². The number of aldehydes is 1. The second kappa shape index (κ2) is 9.04. The van der Waals surface area contributed by atoms with Crippen molar-refractivity contribution < 1.29 is 18.8 Å². The van der Waals surface area contributed by atoms with Gasteiger partial charge in [0.2, 0.25) is 0 Å². The molecule has 2 atom stereocenters. The summed E-state index contributed by atoms with van der Waals surface area (Å²) in [4.78, 5) is 29.4. The van der Waals surface area contributed by atoms with Crippen LogP contribution in [0.1, 0.15) is 44.1 Å². The van der Waals surface area contributed by atoms with Crippen molar-refractivity contribution in [3.8, 4) is 0 Å². The second-order valence-electron chi connectivity index (χ2n) is 8.83. The van der Waals surface area contributed by atoms with Gasteiger partial charge in [0.15, 0.2) is 14.6 Å². The average Bonchev–Trinajstić information content (AvgIpc) is 3.22. The lowest BCUT2D eigenvalue weighted by Crippen LogP contribution is -2.44. The van der Waals surface area contributed by atoms with E-state index in [0.717, 1.165) is 12.7 Å². The fraction of sp³-hybridized carbons (Fsp3) is 0.650. The number of carbonyl (C=O) groups is 2. The Morgan fingerprint density at radius 3 is 2.75 bits per heavy atom. The van der Waals surface area contributed by atoms with Crippen LogP contribution in [0.3, 0.4) is 0 Å². The standard InChI is InChI=1S/C20H33N3O4Si/c1-7-10-26-19(25)23-13-18(27-28(5,6)20(2,3)4)11-16(23)8-9-22-15-21-12-17(22)14-24/h7,12,14-16,18H,1,8-11,13H2,2-6H3/t16-,18-/m1/s1. The summed E-state index contributed by atoms with van der Waals surface area (Å²) >= 11 is 0. The number of likely N-dealkylation sites (tertiary alicyclic amines) is 1. The summed E-state index contributed by atoms with van der Waals surface area (Å²) in [5.74, 6) is 0. The molecule has 0 radical (unpaired) electrons. The van der Waals surface area contributed by atoms with E-state index in [1.54, 1.807) is 23.5 Å². The van der Waals surface area contributed by atoms with E-state index in [1.165, 1.54) is 0 Å². The minimum absolute atomic E-state index is 0.00417. The molecule has 7 nitrogen and oxygen atoms in total. The van der Waals surface area contributed by atoms with Crippen LogP contribution in [0.4, 0.5) is 4.79 Å². The highest BCUT2D eigenvalue weighted by molar-refractivity contribution is 6.74. The normalized spacial score (nSPS) is 20.2. The van der Waals surface area contributed by atoms with Crippen molar-refractivity contribution >= 4 is 20.7 Å². The van der Waals surface area contributed by atoms with Gasteiger partial charge in [0.1, 0.15) is 12.3 Å². The van der Waals surface area contributed by atoms with Gasteiger partial charge in [-0.2, -0.15) is 0 Å². The molecule has 28 heavy (non-hydrogen) atoms. The fourth-order valence-electron chi connectivity index (χ4n) is 3.17. The average molecular weight is 408 g/mol. The number of carbonyl (C=O) groups excluding carboxylic acids is 2. The van der Waals surface area contributed by atoms with Crippen molar-refractivity contribution in [1.29, 1.82) is 0 Å². The van der Waals surface area contributed by atoms with Gasteiger partial charge < -0.3 is 18.6 Å². The first-order valence-electron chi connectivity index (χ1n) is 9.76. The molecule has 156 valence electrons. The van der Waals surface area contributed by atoms with E-state index in [9.17, 15) is 9.59 Å². The number of aryl methyl sites for hydroxylation is 1. The van der Waals surface area contributed by atoms with Crippen molar-refractivity contribution in [1.82, 2.24) is 14.5 Å². The smallest absolute Gasteiger partial charge is 0.410 e. The van der Waals surface area contributed by atoms with Crippen LogP contribution in [0.25, 0.3) is 0 Å². The molecule has 1 aliphatic rings. The molecule has 1 saturated heterocycles. The number of rotatable bonds is 8. The van der Waals surface area contributed by atoms with Crippen molar-refractivity contribution in [2.45, 2.75) is 70.4 Å². The van der Waals surface area contributed by atoms with E-state index in [1.807, 2.05) is 4.57 Å². The van der Waals surface area contributed by atoms with Crippen LogP contribution in [-0.2, 0) is 15.7 Å². The summed E-state index contributed by atoms with van der Waals surface area (Å²) in [6.45, 7) is 16.0. The number of hydrogen-bond acceptors (Lipinski definition) is 5. The van der Waals surface area contributed by atoms with Crippen LogP contribution in [0.15, 0.2) is 25.2 Å². The highest BCUT2D eigenvalue weighted by atomic mass is 28.4. The number of hydrogen-bond donors (Lipinski definition) is 0. The summed E-state index contributed by atoms with van der Waals surface area (Å²) < 4.78 is 13.6. The molecule has 2 heterocycles. The first-order chi connectivity index (χ1) is 13.1. The lowest BCUT2D eigenvalue weighted by Gasteiger charge is -2.38. The Hall–Kier alpha value is -1.93. The molecule has 0 bridgehead atoms. The van der Waals surface area contributed by atoms with Gasteiger partial charge in [-0.05, 0) is 31.0 Å². The van der Waals surface area contributed by atoms with Crippen LogP contribution >= 0.6 is 0 Å². The van der Waals surface area contributed by atoms with Crippen molar-refractivity contribution in [2.24, 2.45) is 0 Å². The maximum Gasteiger partial charge on any atom is 0.410 e. The van der Waals surface area contributed by atoms with Gasteiger partial charge in [-0.1, -0.05) is 33.4 Å². The lowest BCUT2D eigenvalue weighted by molar-refractivity contribution is 0.101. The van der Waals surface area contributed by atoms with E-state index < -0.39 is 8.32 Å². The molecular weight excluding hydrogens is 374 g/mol. The number of imidazole rings is 1. The Labute approximate surface area is 168 Å². The zero-order valence-corrected chi connectivity index (χ0v) is 18.7. The molecule has 0 aliphatic carbocycles. The molecule has 1 aliphatic heterocycles. The van der Waals surface area contributed by atoms with Crippen LogP contribution in [0.2, 0.25) is 18.1 Å². The highest BCUT2D eigenvalue weighted by Gasteiger charge is 2.43.